The van der Waals surface area contributed by atoms with Crippen molar-refractivity contribution in [3.05, 3.63) is 42.5 Å². The van der Waals surface area contributed by atoms with Gasteiger partial charge in [0.15, 0.2) is 0 Å². The highest BCUT2D eigenvalue weighted by Gasteiger charge is 2.12. The molecule has 0 radical (unpaired) electrons. The molecular formula is C16H22N4. The van der Waals surface area contributed by atoms with E-state index in [4.69, 9.17) is 5.73 Å². The monoisotopic (exact) mass is 270 g/mol. The Morgan fingerprint density at radius 2 is 1.70 bits per heavy atom. The number of piperidine rings is 1. The number of aromatic nitrogens is 2. The lowest BCUT2D eigenvalue weighted by molar-refractivity contribution is 0.578. The van der Waals surface area contributed by atoms with E-state index in [9.17, 15) is 0 Å². The molecule has 1 aromatic carbocycles. The second kappa shape index (κ2) is 5.67. The lowest BCUT2D eigenvalue weighted by atomic mass is 10.1. The van der Waals surface area contributed by atoms with Crippen molar-refractivity contribution >= 4 is 5.69 Å². The van der Waals surface area contributed by atoms with E-state index in [1.165, 1.54) is 38.0 Å². The van der Waals surface area contributed by atoms with Crippen LogP contribution in [0.25, 0.3) is 5.69 Å². The summed E-state index contributed by atoms with van der Waals surface area (Å²) >= 11 is 0. The first kappa shape index (κ1) is 13.2. The van der Waals surface area contributed by atoms with Crippen molar-refractivity contribution in [1.82, 2.24) is 9.55 Å². The van der Waals surface area contributed by atoms with Crippen LogP contribution in [0.1, 0.15) is 37.9 Å². The van der Waals surface area contributed by atoms with Crippen LogP contribution in [0.2, 0.25) is 0 Å². The van der Waals surface area contributed by atoms with Crippen LogP contribution < -0.4 is 10.6 Å². The second-order valence-electron chi connectivity index (χ2n) is 5.54. The minimum atomic E-state index is -0.0146. The normalized spacial score (nSPS) is 17.2. The van der Waals surface area contributed by atoms with Gasteiger partial charge in [0.2, 0.25) is 0 Å². The average molecular weight is 270 g/mol. The summed E-state index contributed by atoms with van der Waals surface area (Å²) in [7, 11) is 0. The van der Waals surface area contributed by atoms with Crippen LogP contribution in [0.3, 0.4) is 0 Å². The van der Waals surface area contributed by atoms with E-state index in [-0.39, 0.29) is 6.04 Å². The molecule has 0 saturated carbocycles. The smallest absolute Gasteiger partial charge is 0.0994 e. The average Bonchev–Trinajstić information content (AvgIpc) is 2.98. The molecule has 1 aromatic heterocycles. The number of nitrogens with zero attached hydrogens (tertiary/aromatic N) is 3. The van der Waals surface area contributed by atoms with Crippen LogP contribution in [0, 0.1) is 0 Å². The zero-order chi connectivity index (χ0) is 13.9. The summed E-state index contributed by atoms with van der Waals surface area (Å²) < 4.78 is 2.06. The van der Waals surface area contributed by atoms with Crippen molar-refractivity contribution < 1.29 is 0 Å². The molecule has 0 bridgehead atoms. The molecule has 0 spiro atoms. The molecule has 2 aromatic rings. The molecule has 2 N–H and O–H groups in total. The number of hydrogen-bond acceptors (Lipinski definition) is 3. The molecule has 3 rings (SSSR count). The Balaban J connectivity index is 1.83. The lowest BCUT2D eigenvalue weighted by Crippen LogP contribution is -2.29. The predicted molar refractivity (Wildman–Crippen MR) is 82.2 cm³/mol. The third kappa shape index (κ3) is 2.56. The van der Waals surface area contributed by atoms with Gasteiger partial charge in [0.05, 0.1) is 18.2 Å². The molecule has 106 valence electrons. The summed E-state index contributed by atoms with van der Waals surface area (Å²) in [6.07, 6.45) is 7.63. The third-order valence-corrected chi connectivity index (χ3v) is 3.98. The highest BCUT2D eigenvalue weighted by molar-refractivity contribution is 5.51. The Kier molecular flexibility index (Phi) is 3.74. The molecule has 20 heavy (non-hydrogen) atoms. The van der Waals surface area contributed by atoms with Gasteiger partial charge in [-0.15, -0.1) is 0 Å². The number of rotatable bonds is 3. The Hall–Kier alpha value is -1.81. The Labute approximate surface area is 120 Å². The van der Waals surface area contributed by atoms with Crippen molar-refractivity contribution in [2.75, 3.05) is 18.0 Å². The summed E-state index contributed by atoms with van der Waals surface area (Å²) in [4.78, 5) is 6.67. The molecule has 0 unspecified atom stereocenters. The lowest BCUT2D eigenvalue weighted by Gasteiger charge is -2.29. The molecule has 2 heterocycles. The summed E-state index contributed by atoms with van der Waals surface area (Å²) in [6, 6.07) is 8.69. The van der Waals surface area contributed by atoms with E-state index in [2.05, 4.69) is 38.7 Å². The van der Waals surface area contributed by atoms with Gasteiger partial charge in [-0.05, 0) is 50.5 Å². The molecule has 4 nitrogen and oxygen atoms in total. The number of nitrogens with two attached hydrogens (primary N) is 1. The minimum Gasteiger partial charge on any atom is -0.372 e. The number of anilines is 1. The molecule has 0 aliphatic carbocycles. The van der Waals surface area contributed by atoms with Crippen LogP contribution in [0.5, 0.6) is 0 Å². The Morgan fingerprint density at radius 1 is 1.05 bits per heavy atom. The summed E-state index contributed by atoms with van der Waals surface area (Å²) in [5, 5.41) is 0. The van der Waals surface area contributed by atoms with E-state index in [0.29, 0.717) is 0 Å². The van der Waals surface area contributed by atoms with E-state index < -0.39 is 0 Å². The first-order chi connectivity index (χ1) is 9.75. The number of hydrogen-bond donors (Lipinski definition) is 1. The summed E-state index contributed by atoms with van der Waals surface area (Å²) in [6.45, 7) is 4.33. The zero-order valence-corrected chi connectivity index (χ0v) is 12.0. The molecule has 1 aliphatic heterocycles. The van der Waals surface area contributed by atoms with E-state index in [1.54, 1.807) is 0 Å². The van der Waals surface area contributed by atoms with Gasteiger partial charge in [0.1, 0.15) is 0 Å². The fourth-order valence-corrected chi connectivity index (χ4v) is 2.83. The first-order valence-corrected chi connectivity index (χ1v) is 7.39. The van der Waals surface area contributed by atoms with Crippen molar-refractivity contribution in [3.8, 4) is 5.69 Å². The van der Waals surface area contributed by atoms with Crippen molar-refractivity contribution in [2.45, 2.75) is 32.2 Å². The fraction of sp³-hybridized carbons (Fsp3) is 0.438. The number of benzene rings is 1. The zero-order valence-electron chi connectivity index (χ0n) is 12.0. The van der Waals surface area contributed by atoms with Crippen molar-refractivity contribution in [3.63, 3.8) is 0 Å². The number of imidazole rings is 1. The highest BCUT2D eigenvalue weighted by Crippen LogP contribution is 2.23. The van der Waals surface area contributed by atoms with Crippen LogP contribution in [-0.2, 0) is 0 Å². The van der Waals surface area contributed by atoms with Gasteiger partial charge in [-0.25, -0.2) is 4.98 Å². The van der Waals surface area contributed by atoms with Crippen molar-refractivity contribution in [1.29, 1.82) is 0 Å². The first-order valence-electron chi connectivity index (χ1n) is 7.39. The Bertz CT molecular complexity index is 550. The van der Waals surface area contributed by atoms with Gasteiger partial charge < -0.3 is 15.2 Å². The maximum atomic E-state index is 5.97. The fourth-order valence-electron chi connectivity index (χ4n) is 2.83. The van der Waals surface area contributed by atoms with Gasteiger partial charge >= 0.3 is 0 Å². The largest absolute Gasteiger partial charge is 0.372 e. The maximum Gasteiger partial charge on any atom is 0.0994 e. The SMILES string of the molecule is C[C@@H](N)c1cncn1-c1ccc(N2CCCCC2)cc1. The predicted octanol–water partition coefficient (Wildman–Crippen LogP) is 2.88. The second-order valence-corrected chi connectivity index (χ2v) is 5.54. The van der Waals surface area contributed by atoms with E-state index >= 15 is 0 Å². The van der Waals surface area contributed by atoms with Gasteiger partial charge in [0, 0.05) is 30.5 Å². The Morgan fingerprint density at radius 3 is 2.35 bits per heavy atom. The molecule has 4 heteroatoms. The van der Waals surface area contributed by atoms with Crippen LogP contribution in [0.15, 0.2) is 36.8 Å². The van der Waals surface area contributed by atoms with E-state index in [1.807, 2.05) is 19.4 Å². The maximum absolute atomic E-state index is 5.97. The van der Waals surface area contributed by atoms with Crippen LogP contribution in [-0.4, -0.2) is 22.6 Å². The summed E-state index contributed by atoms with van der Waals surface area (Å²) in [5.41, 5.74) is 9.45. The molecule has 1 aliphatic rings. The van der Waals surface area contributed by atoms with E-state index in [0.717, 1.165) is 11.4 Å². The van der Waals surface area contributed by atoms with Crippen LogP contribution >= 0.6 is 0 Å². The highest BCUT2D eigenvalue weighted by atomic mass is 15.1. The summed E-state index contributed by atoms with van der Waals surface area (Å²) in [5.74, 6) is 0. The standard InChI is InChI=1S/C16H22N4/c1-13(17)16-11-18-12-20(16)15-7-5-14(6-8-15)19-9-3-2-4-10-19/h5-8,11-13H,2-4,9-10,17H2,1H3/t13-/m1/s1. The molecule has 0 amide bonds. The van der Waals surface area contributed by atoms with Gasteiger partial charge in [-0.2, -0.15) is 0 Å². The van der Waals surface area contributed by atoms with Gasteiger partial charge in [-0.1, -0.05) is 0 Å². The minimum absolute atomic E-state index is 0.0146. The van der Waals surface area contributed by atoms with Gasteiger partial charge in [0.25, 0.3) is 0 Å². The van der Waals surface area contributed by atoms with Crippen LogP contribution in [0.4, 0.5) is 5.69 Å². The van der Waals surface area contributed by atoms with Crippen molar-refractivity contribution in [2.24, 2.45) is 5.73 Å². The molecule has 1 saturated heterocycles. The topological polar surface area (TPSA) is 47.1 Å². The van der Waals surface area contributed by atoms with Gasteiger partial charge in [-0.3, -0.25) is 0 Å². The molecule has 1 atom stereocenters. The third-order valence-electron chi connectivity index (χ3n) is 3.98. The quantitative estimate of drug-likeness (QED) is 0.933. The molecule has 1 fully saturated rings. The molecular weight excluding hydrogens is 248 g/mol.